The summed E-state index contributed by atoms with van der Waals surface area (Å²) in [5.74, 6) is 1.60. The second-order valence-electron chi connectivity index (χ2n) is 6.02. The molecule has 1 N–H and O–H groups in total. The van der Waals surface area contributed by atoms with Crippen LogP contribution in [-0.2, 0) is 7.05 Å². The molecule has 5 heteroatoms. The van der Waals surface area contributed by atoms with Crippen molar-refractivity contribution in [3.05, 3.63) is 41.2 Å². The SMILES string of the molecule is CCOc1ccc(C(C)NC(C)c2cc(C)nn2C)cc1OCC. The second-order valence-corrected chi connectivity index (χ2v) is 6.02. The molecule has 0 radical (unpaired) electrons. The Morgan fingerprint density at radius 1 is 1.04 bits per heavy atom. The highest BCUT2D eigenvalue weighted by Gasteiger charge is 2.16. The van der Waals surface area contributed by atoms with E-state index in [0.29, 0.717) is 13.2 Å². The van der Waals surface area contributed by atoms with E-state index in [-0.39, 0.29) is 12.1 Å². The van der Waals surface area contributed by atoms with Gasteiger partial charge in [-0.2, -0.15) is 5.10 Å². The Kier molecular flexibility index (Phi) is 6.26. The Balaban J connectivity index is 2.15. The van der Waals surface area contributed by atoms with E-state index in [2.05, 4.69) is 42.5 Å². The first-order valence-electron chi connectivity index (χ1n) is 8.62. The minimum Gasteiger partial charge on any atom is -0.490 e. The molecule has 0 spiro atoms. The van der Waals surface area contributed by atoms with Crippen LogP contribution in [-0.4, -0.2) is 23.0 Å². The van der Waals surface area contributed by atoms with Gasteiger partial charge in [-0.15, -0.1) is 0 Å². The van der Waals surface area contributed by atoms with Crippen molar-refractivity contribution in [3.8, 4) is 11.5 Å². The molecule has 132 valence electrons. The second kappa shape index (κ2) is 8.20. The highest BCUT2D eigenvalue weighted by atomic mass is 16.5. The first-order valence-corrected chi connectivity index (χ1v) is 8.62. The number of hydrogen-bond acceptors (Lipinski definition) is 4. The highest BCUT2D eigenvalue weighted by Crippen LogP contribution is 2.31. The molecule has 24 heavy (non-hydrogen) atoms. The van der Waals surface area contributed by atoms with E-state index in [1.807, 2.05) is 38.6 Å². The van der Waals surface area contributed by atoms with E-state index in [9.17, 15) is 0 Å². The molecule has 0 bridgehead atoms. The van der Waals surface area contributed by atoms with E-state index in [1.165, 1.54) is 11.3 Å². The average Bonchev–Trinajstić information content (AvgIpc) is 2.88. The smallest absolute Gasteiger partial charge is 0.161 e. The number of aryl methyl sites for hydroxylation is 2. The van der Waals surface area contributed by atoms with E-state index in [0.717, 1.165) is 17.2 Å². The quantitative estimate of drug-likeness (QED) is 0.796. The van der Waals surface area contributed by atoms with Crippen LogP contribution in [0.5, 0.6) is 11.5 Å². The number of nitrogens with one attached hydrogen (secondary N) is 1. The molecule has 1 aromatic carbocycles. The maximum atomic E-state index is 5.73. The summed E-state index contributed by atoms with van der Waals surface area (Å²) < 4.78 is 13.3. The van der Waals surface area contributed by atoms with Gasteiger partial charge in [0, 0.05) is 19.1 Å². The number of benzene rings is 1. The van der Waals surface area contributed by atoms with Gasteiger partial charge in [0.25, 0.3) is 0 Å². The maximum absolute atomic E-state index is 5.73. The van der Waals surface area contributed by atoms with Crippen LogP contribution in [0.2, 0.25) is 0 Å². The summed E-state index contributed by atoms with van der Waals surface area (Å²) >= 11 is 0. The van der Waals surface area contributed by atoms with Crippen molar-refractivity contribution in [1.82, 2.24) is 15.1 Å². The van der Waals surface area contributed by atoms with Gasteiger partial charge < -0.3 is 14.8 Å². The molecule has 2 aromatic rings. The zero-order valence-corrected chi connectivity index (χ0v) is 15.6. The first-order chi connectivity index (χ1) is 11.5. The fourth-order valence-electron chi connectivity index (χ4n) is 2.93. The van der Waals surface area contributed by atoms with Crippen molar-refractivity contribution in [2.24, 2.45) is 7.05 Å². The lowest BCUT2D eigenvalue weighted by Crippen LogP contribution is -2.24. The van der Waals surface area contributed by atoms with E-state index >= 15 is 0 Å². The van der Waals surface area contributed by atoms with Crippen molar-refractivity contribution >= 4 is 0 Å². The third kappa shape index (κ3) is 4.29. The number of aromatic nitrogens is 2. The zero-order valence-electron chi connectivity index (χ0n) is 15.6. The van der Waals surface area contributed by atoms with Crippen LogP contribution in [0.3, 0.4) is 0 Å². The molecule has 0 aliphatic rings. The van der Waals surface area contributed by atoms with Crippen molar-refractivity contribution in [2.45, 2.75) is 46.7 Å². The number of rotatable bonds is 8. The van der Waals surface area contributed by atoms with Gasteiger partial charge in [-0.3, -0.25) is 4.68 Å². The molecular formula is C19H29N3O2. The number of hydrogen-bond donors (Lipinski definition) is 1. The number of nitrogens with zero attached hydrogens (tertiary/aromatic N) is 2. The van der Waals surface area contributed by atoms with Gasteiger partial charge in [0.2, 0.25) is 0 Å². The molecule has 2 unspecified atom stereocenters. The van der Waals surface area contributed by atoms with Crippen molar-refractivity contribution < 1.29 is 9.47 Å². The van der Waals surface area contributed by atoms with Crippen LogP contribution >= 0.6 is 0 Å². The van der Waals surface area contributed by atoms with Gasteiger partial charge >= 0.3 is 0 Å². The topological polar surface area (TPSA) is 48.3 Å². The van der Waals surface area contributed by atoms with Gasteiger partial charge in [-0.05, 0) is 58.4 Å². The Morgan fingerprint density at radius 3 is 2.29 bits per heavy atom. The maximum Gasteiger partial charge on any atom is 0.161 e. The molecule has 0 amide bonds. The molecule has 0 fully saturated rings. The molecule has 0 saturated carbocycles. The Morgan fingerprint density at radius 2 is 1.71 bits per heavy atom. The van der Waals surface area contributed by atoms with Crippen LogP contribution in [0.4, 0.5) is 0 Å². The van der Waals surface area contributed by atoms with Gasteiger partial charge in [-0.1, -0.05) is 6.07 Å². The van der Waals surface area contributed by atoms with Crippen molar-refractivity contribution in [1.29, 1.82) is 0 Å². The van der Waals surface area contributed by atoms with E-state index in [1.54, 1.807) is 0 Å². The fraction of sp³-hybridized carbons (Fsp3) is 0.526. The summed E-state index contributed by atoms with van der Waals surface area (Å²) in [6.07, 6.45) is 0. The van der Waals surface area contributed by atoms with Crippen LogP contribution < -0.4 is 14.8 Å². The Bertz CT molecular complexity index is 667. The van der Waals surface area contributed by atoms with Crippen molar-refractivity contribution in [3.63, 3.8) is 0 Å². The first kappa shape index (κ1) is 18.3. The van der Waals surface area contributed by atoms with Crippen molar-refractivity contribution in [2.75, 3.05) is 13.2 Å². The zero-order chi connectivity index (χ0) is 17.7. The predicted molar refractivity (Wildman–Crippen MR) is 96.7 cm³/mol. The van der Waals surface area contributed by atoms with Crippen LogP contribution in [0.25, 0.3) is 0 Å². The van der Waals surface area contributed by atoms with E-state index in [4.69, 9.17) is 9.47 Å². The van der Waals surface area contributed by atoms with Crippen LogP contribution in [0, 0.1) is 6.92 Å². The highest BCUT2D eigenvalue weighted by molar-refractivity contribution is 5.44. The summed E-state index contributed by atoms with van der Waals surface area (Å²) in [7, 11) is 1.98. The predicted octanol–water partition coefficient (Wildman–Crippen LogP) is 3.94. The summed E-state index contributed by atoms with van der Waals surface area (Å²) in [4.78, 5) is 0. The largest absolute Gasteiger partial charge is 0.490 e. The molecule has 0 aliphatic heterocycles. The third-order valence-corrected chi connectivity index (χ3v) is 4.05. The molecule has 1 aromatic heterocycles. The summed E-state index contributed by atoms with van der Waals surface area (Å²) in [6, 6.07) is 8.65. The Hall–Kier alpha value is -2.01. The lowest BCUT2D eigenvalue weighted by molar-refractivity contribution is 0.287. The Labute approximate surface area is 145 Å². The van der Waals surface area contributed by atoms with Gasteiger partial charge in [0.15, 0.2) is 11.5 Å². The minimum absolute atomic E-state index is 0.185. The normalized spacial score (nSPS) is 13.6. The lowest BCUT2D eigenvalue weighted by atomic mass is 10.1. The standard InChI is InChI=1S/C19H29N3O2/c1-7-23-18-10-9-16(12-19(18)24-8-2)14(4)20-15(5)17-11-13(3)21-22(17)6/h9-12,14-15,20H,7-8H2,1-6H3. The van der Waals surface area contributed by atoms with Gasteiger partial charge in [0.05, 0.1) is 24.6 Å². The van der Waals surface area contributed by atoms with Crippen LogP contribution in [0.1, 0.15) is 56.7 Å². The number of ether oxygens (including phenoxy) is 2. The molecule has 5 nitrogen and oxygen atoms in total. The lowest BCUT2D eigenvalue weighted by Gasteiger charge is -2.22. The summed E-state index contributed by atoms with van der Waals surface area (Å²) in [5, 5.41) is 8.05. The van der Waals surface area contributed by atoms with Crippen LogP contribution in [0.15, 0.2) is 24.3 Å². The minimum atomic E-state index is 0.185. The average molecular weight is 331 g/mol. The molecule has 2 rings (SSSR count). The molecule has 2 atom stereocenters. The molecule has 1 heterocycles. The monoisotopic (exact) mass is 331 g/mol. The van der Waals surface area contributed by atoms with E-state index < -0.39 is 0 Å². The van der Waals surface area contributed by atoms with Gasteiger partial charge in [0.1, 0.15) is 0 Å². The summed E-state index contributed by atoms with van der Waals surface area (Å²) in [6.45, 7) is 11.5. The molecule has 0 aliphatic carbocycles. The summed E-state index contributed by atoms with van der Waals surface area (Å²) in [5.41, 5.74) is 3.39. The van der Waals surface area contributed by atoms with Gasteiger partial charge in [-0.25, -0.2) is 0 Å². The molecule has 0 saturated heterocycles. The fourth-order valence-corrected chi connectivity index (χ4v) is 2.93. The molecular weight excluding hydrogens is 302 g/mol. The third-order valence-electron chi connectivity index (χ3n) is 4.05.